The molecule has 2 rings (SSSR count). The SMILES string of the molecule is O=C1NC(C(=O)[O-])=C[C@@H](c2cccc(Cl)c2Cl)N1. The molecule has 1 aromatic rings. The second-order valence-electron chi connectivity index (χ2n) is 3.59. The van der Waals surface area contributed by atoms with Crippen LogP contribution >= 0.6 is 23.2 Å². The second kappa shape index (κ2) is 4.88. The average molecular weight is 286 g/mol. The van der Waals surface area contributed by atoms with Crippen LogP contribution in [0.5, 0.6) is 0 Å². The zero-order chi connectivity index (χ0) is 13.3. The lowest BCUT2D eigenvalue weighted by Crippen LogP contribution is -2.46. The van der Waals surface area contributed by atoms with Gasteiger partial charge in [-0.05, 0) is 17.7 Å². The van der Waals surface area contributed by atoms with E-state index >= 15 is 0 Å². The molecule has 0 saturated heterocycles. The summed E-state index contributed by atoms with van der Waals surface area (Å²) >= 11 is 11.9. The Bertz CT molecular complexity index is 557. The van der Waals surface area contributed by atoms with Gasteiger partial charge in [0, 0.05) is 0 Å². The fourth-order valence-electron chi connectivity index (χ4n) is 1.60. The van der Waals surface area contributed by atoms with Crippen molar-refractivity contribution < 1.29 is 14.7 Å². The third-order valence-corrected chi connectivity index (χ3v) is 3.24. The Morgan fingerprint density at radius 2 is 2.06 bits per heavy atom. The highest BCUT2D eigenvalue weighted by molar-refractivity contribution is 6.42. The van der Waals surface area contributed by atoms with Crippen LogP contribution in [0.4, 0.5) is 4.79 Å². The van der Waals surface area contributed by atoms with E-state index in [1.807, 2.05) is 0 Å². The molecule has 1 aliphatic rings. The lowest BCUT2D eigenvalue weighted by atomic mass is 10.0. The summed E-state index contributed by atoms with van der Waals surface area (Å²) in [4.78, 5) is 22.1. The van der Waals surface area contributed by atoms with Crippen molar-refractivity contribution >= 4 is 35.2 Å². The molecule has 0 aromatic heterocycles. The van der Waals surface area contributed by atoms with E-state index in [4.69, 9.17) is 23.2 Å². The van der Waals surface area contributed by atoms with Crippen molar-refractivity contribution in [3.8, 4) is 0 Å². The van der Waals surface area contributed by atoms with Gasteiger partial charge in [-0.3, -0.25) is 0 Å². The van der Waals surface area contributed by atoms with Crippen LogP contribution in [-0.2, 0) is 4.79 Å². The number of carbonyl (C=O) groups excluding carboxylic acids is 2. The maximum Gasteiger partial charge on any atom is 0.320 e. The minimum Gasteiger partial charge on any atom is -0.543 e. The quantitative estimate of drug-likeness (QED) is 0.850. The first-order valence-electron chi connectivity index (χ1n) is 4.93. The molecule has 2 amide bonds. The van der Waals surface area contributed by atoms with Gasteiger partial charge in [-0.2, -0.15) is 0 Å². The third-order valence-electron chi connectivity index (χ3n) is 2.40. The molecule has 0 fully saturated rings. The Kier molecular flexibility index (Phi) is 3.45. The number of halogens is 2. The van der Waals surface area contributed by atoms with Crippen LogP contribution in [0.3, 0.4) is 0 Å². The number of urea groups is 1. The molecular weight excluding hydrogens is 279 g/mol. The van der Waals surface area contributed by atoms with Crippen LogP contribution < -0.4 is 15.7 Å². The van der Waals surface area contributed by atoms with E-state index in [1.54, 1.807) is 18.2 Å². The van der Waals surface area contributed by atoms with Gasteiger partial charge in [0.15, 0.2) is 0 Å². The summed E-state index contributed by atoms with van der Waals surface area (Å²) in [6.45, 7) is 0. The van der Waals surface area contributed by atoms with Gasteiger partial charge >= 0.3 is 6.03 Å². The molecule has 1 aromatic carbocycles. The first-order valence-corrected chi connectivity index (χ1v) is 5.69. The Morgan fingerprint density at radius 1 is 1.33 bits per heavy atom. The summed E-state index contributed by atoms with van der Waals surface area (Å²) in [7, 11) is 0. The largest absolute Gasteiger partial charge is 0.543 e. The summed E-state index contributed by atoms with van der Waals surface area (Å²) in [6, 6.07) is 3.59. The van der Waals surface area contributed by atoms with Crippen LogP contribution in [0.15, 0.2) is 30.0 Å². The van der Waals surface area contributed by atoms with Crippen LogP contribution in [-0.4, -0.2) is 12.0 Å². The van der Waals surface area contributed by atoms with E-state index in [-0.39, 0.29) is 10.7 Å². The first kappa shape index (κ1) is 12.7. The highest BCUT2D eigenvalue weighted by Crippen LogP contribution is 2.31. The zero-order valence-corrected chi connectivity index (χ0v) is 10.4. The van der Waals surface area contributed by atoms with Crippen molar-refractivity contribution in [2.75, 3.05) is 0 Å². The molecule has 1 atom stereocenters. The van der Waals surface area contributed by atoms with Gasteiger partial charge in [-0.15, -0.1) is 0 Å². The van der Waals surface area contributed by atoms with Crippen LogP contribution in [0.1, 0.15) is 11.6 Å². The van der Waals surface area contributed by atoms with Crippen LogP contribution in [0.2, 0.25) is 10.0 Å². The van der Waals surface area contributed by atoms with Crippen molar-refractivity contribution in [2.45, 2.75) is 6.04 Å². The van der Waals surface area contributed by atoms with Crippen LogP contribution in [0.25, 0.3) is 0 Å². The molecule has 0 aliphatic carbocycles. The fourth-order valence-corrected chi connectivity index (χ4v) is 2.02. The lowest BCUT2D eigenvalue weighted by molar-refractivity contribution is -0.299. The van der Waals surface area contributed by atoms with E-state index in [9.17, 15) is 14.7 Å². The molecule has 2 N–H and O–H groups in total. The van der Waals surface area contributed by atoms with E-state index in [0.717, 1.165) is 0 Å². The number of aliphatic carboxylic acids is 1. The number of amides is 2. The Hall–Kier alpha value is -1.72. The lowest BCUT2D eigenvalue weighted by Gasteiger charge is -2.25. The van der Waals surface area contributed by atoms with Crippen molar-refractivity contribution in [3.05, 3.63) is 45.6 Å². The van der Waals surface area contributed by atoms with Gasteiger partial charge in [-0.25, -0.2) is 4.79 Å². The molecular formula is C11H7Cl2N2O3-. The third kappa shape index (κ3) is 2.42. The molecule has 5 nitrogen and oxygen atoms in total. The van der Waals surface area contributed by atoms with Gasteiger partial charge in [0.2, 0.25) is 0 Å². The van der Waals surface area contributed by atoms with Gasteiger partial charge in [0.25, 0.3) is 0 Å². The summed E-state index contributed by atoms with van der Waals surface area (Å²) in [6.07, 6.45) is 1.30. The fraction of sp³-hybridized carbons (Fsp3) is 0.0909. The number of rotatable bonds is 2. The topological polar surface area (TPSA) is 81.3 Å². The molecule has 0 bridgehead atoms. The van der Waals surface area contributed by atoms with Gasteiger partial charge in [-0.1, -0.05) is 35.3 Å². The van der Waals surface area contributed by atoms with Crippen molar-refractivity contribution in [3.63, 3.8) is 0 Å². The number of hydrogen-bond acceptors (Lipinski definition) is 3. The predicted octanol–water partition coefficient (Wildman–Crippen LogP) is 0.981. The van der Waals surface area contributed by atoms with E-state index in [2.05, 4.69) is 10.6 Å². The maximum atomic E-state index is 11.3. The number of carboxylic acids is 1. The normalized spacial score (nSPS) is 18.7. The van der Waals surface area contributed by atoms with Gasteiger partial charge in [0.1, 0.15) is 0 Å². The molecule has 94 valence electrons. The smallest absolute Gasteiger partial charge is 0.320 e. The summed E-state index contributed by atoms with van der Waals surface area (Å²) < 4.78 is 0. The number of hydrogen-bond donors (Lipinski definition) is 2. The highest BCUT2D eigenvalue weighted by atomic mass is 35.5. The number of carbonyl (C=O) groups is 2. The average Bonchev–Trinajstić information content (AvgIpc) is 2.31. The number of benzene rings is 1. The van der Waals surface area contributed by atoms with Gasteiger partial charge < -0.3 is 20.5 Å². The Morgan fingerprint density at radius 3 is 2.72 bits per heavy atom. The van der Waals surface area contributed by atoms with E-state index < -0.39 is 18.0 Å². The first-order chi connectivity index (χ1) is 8.49. The van der Waals surface area contributed by atoms with Crippen LogP contribution in [0, 0.1) is 0 Å². The molecule has 7 heteroatoms. The van der Waals surface area contributed by atoms with E-state index in [0.29, 0.717) is 10.6 Å². The maximum absolute atomic E-state index is 11.3. The van der Waals surface area contributed by atoms with Gasteiger partial charge in [0.05, 0.1) is 27.8 Å². The highest BCUT2D eigenvalue weighted by Gasteiger charge is 2.22. The molecule has 0 unspecified atom stereocenters. The Labute approximate surface area is 112 Å². The predicted molar refractivity (Wildman–Crippen MR) is 64.0 cm³/mol. The number of carboxylic acid groups (broad SMARTS) is 1. The molecule has 0 spiro atoms. The minimum atomic E-state index is -1.46. The summed E-state index contributed by atoms with van der Waals surface area (Å²) in [5, 5.41) is 16.0. The summed E-state index contributed by atoms with van der Waals surface area (Å²) in [5.41, 5.74) is 0.206. The molecule has 0 radical (unpaired) electrons. The van der Waals surface area contributed by atoms with Crippen molar-refractivity contribution in [2.24, 2.45) is 0 Å². The monoisotopic (exact) mass is 285 g/mol. The molecule has 1 heterocycles. The summed E-state index contributed by atoms with van der Waals surface area (Å²) in [5.74, 6) is -1.46. The molecule has 1 aliphatic heterocycles. The van der Waals surface area contributed by atoms with Crippen molar-refractivity contribution in [1.82, 2.24) is 10.6 Å². The molecule has 0 saturated carbocycles. The number of nitrogens with one attached hydrogen (secondary N) is 2. The minimum absolute atomic E-state index is 0.264. The Balaban J connectivity index is 2.44. The van der Waals surface area contributed by atoms with E-state index in [1.165, 1.54) is 6.08 Å². The second-order valence-corrected chi connectivity index (χ2v) is 4.37. The van der Waals surface area contributed by atoms with Crippen molar-refractivity contribution in [1.29, 1.82) is 0 Å². The standard InChI is InChI=1S/C11H8Cl2N2O3/c12-6-3-1-2-5(9(6)13)7-4-8(10(16)17)15-11(18)14-7/h1-4,7H,(H,16,17)(H2,14,15,18)/p-1/t7-/m0/s1. The molecule has 18 heavy (non-hydrogen) atoms. The zero-order valence-electron chi connectivity index (χ0n) is 8.87.